The van der Waals surface area contributed by atoms with E-state index in [1.807, 2.05) is 0 Å². The van der Waals surface area contributed by atoms with Gasteiger partial charge in [0.2, 0.25) is 0 Å². The Bertz CT molecular complexity index is 838. The Kier molecular flexibility index (Phi) is 6.05. The van der Waals surface area contributed by atoms with Crippen molar-refractivity contribution < 1.29 is 19.7 Å². The highest BCUT2D eigenvalue weighted by Crippen LogP contribution is 2.21. The molecular formula is C19H26N2O5. The summed E-state index contributed by atoms with van der Waals surface area (Å²) in [5.41, 5.74) is 1.12. The van der Waals surface area contributed by atoms with Crippen molar-refractivity contribution in [3.8, 4) is 0 Å². The van der Waals surface area contributed by atoms with Gasteiger partial charge in [0.25, 0.3) is 0 Å². The highest BCUT2D eigenvalue weighted by Gasteiger charge is 2.20. The number of hydrogen-bond acceptors (Lipinski definition) is 5. The molecule has 0 saturated heterocycles. The van der Waals surface area contributed by atoms with Crippen LogP contribution in [-0.4, -0.2) is 39.5 Å². The Morgan fingerprint density at radius 3 is 2.62 bits per heavy atom. The van der Waals surface area contributed by atoms with Crippen LogP contribution in [0.4, 0.5) is 4.79 Å². The van der Waals surface area contributed by atoms with Gasteiger partial charge in [-0.3, -0.25) is 4.79 Å². The summed E-state index contributed by atoms with van der Waals surface area (Å²) < 4.78 is 5.10. The molecule has 2 aromatic rings. The number of ether oxygens (including phenoxy) is 1. The van der Waals surface area contributed by atoms with Crippen molar-refractivity contribution in [1.82, 2.24) is 10.3 Å². The number of aryl methyl sites for hydroxylation is 1. The molecule has 1 aromatic carbocycles. The minimum atomic E-state index is -1.17. The minimum absolute atomic E-state index is 0.142. The van der Waals surface area contributed by atoms with Crippen LogP contribution in [0.1, 0.15) is 44.6 Å². The number of fused-ring (bicyclic) bond motifs is 1. The normalized spacial score (nSPS) is 14.1. The number of aliphatic hydroxyl groups is 2. The fourth-order valence-electron chi connectivity index (χ4n) is 2.60. The van der Waals surface area contributed by atoms with Crippen LogP contribution >= 0.6 is 0 Å². The van der Waals surface area contributed by atoms with E-state index in [1.54, 1.807) is 45.9 Å². The average molecular weight is 362 g/mol. The van der Waals surface area contributed by atoms with Crippen molar-refractivity contribution >= 4 is 17.0 Å². The van der Waals surface area contributed by atoms with Gasteiger partial charge < -0.3 is 25.3 Å². The molecule has 0 spiro atoms. The number of carbonyl (C=O) groups excluding carboxylic acids is 1. The Morgan fingerprint density at radius 2 is 1.96 bits per heavy atom. The number of amides is 1. The Hall–Kier alpha value is -2.38. The lowest BCUT2D eigenvalue weighted by Gasteiger charge is -2.21. The maximum atomic E-state index is 12.1. The molecular weight excluding hydrogens is 336 g/mol. The lowest BCUT2D eigenvalue weighted by atomic mass is 10.00. The fraction of sp³-hybridized carbons (Fsp3) is 0.474. The molecule has 2 atom stereocenters. The zero-order valence-electron chi connectivity index (χ0n) is 15.5. The van der Waals surface area contributed by atoms with Crippen molar-refractivity contribution in [2.45, 2.75) is 51.9 Å². The third kappa shape index (κ3) is 5.31. The van der Waals surface area contributed by atoms with Crippen molar-refractivity contribution in [2.75, 3.05) is 6.54 Å². The molecule has 0 bridgehead atoms. The van der Waals surface area contributed by atoms with Crippen LogP contribution in [0.3, 0.4) is 0 Å². The summed E-state index contributed by atoms with van der Waals surface area (Å²) in [5, 5.41) is 23.5. The Labute approximate surface area is 152 Å². The van der Waals surface area contributed by atoms with Crippen molar-refractivity contribution in [3.63, 3.8) is 0 Å². The predicted octanol–water partition coefficient (Wildman–Crippen LogP) is 2.15. The zero-order valence-corrected chi connectivity index (χ0v) is 15.5. The number of nitrogens with one attached hydrogen (secondary N) is 2. The second-order valence-electron chi connectivity index (χ2n) is 7.35. The van der Waals surface area contributed by atoms with E-state index >= 15 is 0 Å². The van der Waals surface area contributed by atoms with E-state index in [9.17, 15) is 19.8 Å². The highest BCUT2D eigenvalue weighted by atomic mass is 16.6. The molecule has 0 aliphatic rings. The van der Waals surface area contributed by atoms with E-state index < -0.39 is 23.9 Å². The van der Waals surface area contributed by atoms with Gasteiger partial charge in [0.15, 0.2) is 5.43 Å². The first-order chi connectivity index (χ1) is 12.1. The maximum absolute atomic E-state index is 12.1. The van der Waals surface area contributed by atoms with Gasteiger partial charge in [-0.1, -0.05) is 6.07 Å². The van der Waals surface area contributed by atoms with E-state index in [4.69, 9.17) is 4.74 Å². The van der Waals surface area contributed by atoms with Gasteiger partial charge in [0, 0.05) is 29.2 Å². The van der Waals surface area contributed by atoms with Crippen LogP contribution in [0.15, 0.2) is 29.1 Å². The Morgan fingerprint density at radius 1 is 1.27 bits per heavy atom. The molecule has 0 aliphatic heterocycles. The molecule has 142 valence electrons. The standard InChI is InChI=1S/C19H26N2O5/c1-11-9-16(23)13-10-12(5-6-14(13)21-11)17(24)15(22)7-8-20-18(25)26-19(2,3)4/h5-6,9-10,15,17,22,24H,7-8H2,1-4H3,(H,20,25)(H,21,23). The van der Waals surface area contributed by atoms with Gasteiger partial charge in [-0.25, -0.2) is 4.79 Å². The maximum Gasteiger partial charge on any atom is 0.407 e. The van der Waals surface area contributed by atoms with Crippen LogP contribution < -0.4 is 10.7 Å². The van der Waals surface area contributed by atoms with Crippen molar-refractivity contribution in [1.29, 1.82) is 0 Å². The molecule has 4 N–H and O–H groups in total. The number of pyridine rings is 1. The first-order valence-electron chi connectivity index (χ1n) is 8.53. The number of aliphatic hydroxyl groups excluding tert-OH is 2. The number of alkyl carbamates (subject to hydrolysis) is 1. The summed E-state index contributed by atoms with van der Waals surface area (Å²) in [6, 6.07) is 6.42. The second kappa shape index (κ2) is 7.88. The number of H-pyrrole nitrogens is 1. The Balaban J connectivity index is 2.00. The molecule has 0 fully saturated rings. The van der Waals surface area contributed by atoms with E-state index in [-0.39, 0.29) is 18.4 Å². The third-order valence-electron chi connectivity index (χ3n) is 3.80. The molecule has 26 heavy (non-hydrogen) atoms. The minimum Gasteiger partial charge on any atom is -0.444 e. The van der Waals surface area contributed by atoms with Crippen LogP contribution in [0.5, 0.6) is 0 Å². The van der Waals surface area contributed by atoms with E-state index in [0.717, 1.165) is 5.69 Å². The number of hydrogen-bond donors (Lipinski definition) is 4. The van der Waals surface area contributed by atoms with Gasteiger partial charge >= 0.3 is 6.09 Å². The van der Waals surface area contributed by atoms with E-state index in [0.29, 0.717) is 16.5 Å². The summed E-state index contributed by atoms with van der Waals surface area (Å²) in [6.07, 6.45) is -2.69. The van der Waals surface area contributed by atoms with E-state index in [2.05, 4.69) is 10.3 Å². The molecule has 0 radical (unpaired) electrons. The monoisotopic (exact) mass is 362 g/mol. The molecule has 7 nitrogen and oxygen atoms in total. The van der Waals surface area contributed by atoms with Crippen LogP contribution in [0.25, 0.3) is 10.9 Å². The van der Waals surface area contributed by atoms with Crippen molar-refractivity contribution in [2.24, 2.45) is 0 Å². The molecule has 1 heterocycles. The molecule has 7 heteroatoms. The fourth-order valence-corrected chi connectivity index (χ4v) is 2.60. The zero-order chi connectivity index (χ0) is 19.5. The highest BCUT2D eigenvalue weighted by molar-refractivity contribution is 5.79. The summed E-state index contributed by atoms with van der Waals surface area (Å²) in [4.78, 5) is 26.7. The third-order valence-corrected chi connectivity index (χ3v) is 3.80. The first kappa shape index (κ1) is 19.9. The predicted molar refractivity (Wildman–Crippen MR) is 99.1 cm³/mol. The van der Waals surface area contributed by atoms with Gasteiger partial charge in [-0.15, -0.1) is 0 Å². The quantitative estimate of drug-likeness (QED) is 0.651. The second-order valence-corrected chi connectivity index (χ2v) is 7.35. The van der Waals surface area contributed by atoms with Crippen molar-refractivity contribution in [3.05, 3.63) is 45.7 Å². The first-order valence-corrected chi connectivity index (χ1v) is 8.53. The van der Waals surface area contributed by atoms with Gasteiger partial charge in [-0.05, 0) is 51.8 Å². The number of aromatic amines is 1. The topological polar surface area (TPSA) is 112 Å². The smallest absolute Gasteiger partial charge is 0.407 e. The summed E-state index contributed by atoms with van der Waals surface area (Å²) in [7, 11) is 0. The van der Waals surface area contributed by atoms with Crippen LogP contribution in [0.2, 0.25) is 0 Å². The number of carbonyl (C=O) groups is 1. The van der Waals surface area contributed by atoms with Gasteiger partial charge in [-0.2, -0.15) is 0 Å². The van der Waals surface area contributed by atoms with Gasteiger partial charge in [0.05, 0.1) is 6.10 Å². The number of rotatable bonds is 5. The van der Waals surface area contributed by atoms with Crippen LogP contribution in [0, 0.1) is 6.92 Å². The largest absolute Gasteiger partial charge is 0.444 e. The summed E-state index contributed by atoms with van der Waals surface area (Å²) >= 11 is 0. The molecule has 0 aliphatic carbocycles. The SMILES string of the molecule is Cc1cc(=O)c2cc(C(O)C(O)CCNC(=O)OC(C)(C)C)ccc2[nH]1. The van der Waals surface area contributed by atoms with Crippen LogP contribution in [-0.2, 0) is 4.74 Å². The van der Waals surface area contributed by atoms with E-state index in [1.165, 1.54) is 6.07 Å². The number of aromatic nitrogens is 1. The number of benzene rings is 1. The average Bonchev–Trinajstić information content (AvgIpc) is 2.52. The molecule has 1 aromatic heterocycles. The lowest BCUT2D eigenvalue weighted by molar-refractivity contribution is 0.0124. The molecule has 1 amide bonds. The molecule has 2 rings (SSSR count). The summed E-state index contributed by atoms with van der Waals surface area (Å²) in [5.74, 6) is 0. The molecule has 2 unspecified atom stereocenters. The van der Waals surface area contributed by atoms with Gasteiger partial charge in [0.1, 0.15) is 11.7 Å². The summed E-state index contributed by atoms with van der Waals surface area (Å²) in [6.45, 7) is 7.22. The lowest BCUT2D eigenvalue weighted by Crippen LogP contribution is -2.34. The molecule has 0 saturated carbocycles.